The number of nitrogens with one attached hydrogen (secondary N) is 1. The molecule has 1 aromatic rings. The van der Waals surface area contributed by atoms with Gasteiger partial charge in [0.1, 0.15) is 0 Å². The monoisotopic (exact) mass is 232 g/mol. The van der Waals surface area contributed by atoms with Gasteiger partial charge in [-0.15, -0.1) is 0 Å². The van der Waals surface area contributed by atoms with Crippen LogP contribution in [0, 0.1) is 0 Å². The molecular weight excluding hydrogens is 212 g/mol. The van der Waals surface area contributed by atoms with Gasteiger partial charge in [0.15, 0.2) is 0 Å². The number of aliphatic hydroxyl groups is 1. The van der Waals surface area contributed by atoms with Gasteiger partial charge in [-0.3, -0.25) is 0 Å². The summed E-state index contributed by atoms with van der Waals surface area (Å²) < 4.78 is 0. The molecule has 3 nitrogen and oxygen atoms in total. The molecule has 1 saturated carbocycles. The highest BCUT2D eigenvalue weighted by molar-refractivity contribution is 5.55. The average molecular weight is 232 g/mol. The Kier molecular flexibility index (Phi) is 3.04. The van der Waals surface area contributed by atoms with Gasteiger partial charge in [-0.05, 0) is 30.9 Å². The van der Waals surface area contributed by atoms with E-state index in [1.54, 1.807) is 0 Å². The molecule has 0 radical (unpaired) electrons. The summed E-state index contributed by atoms with van der Waals surface area (Å²) in [5, 5.41) is 13.5. The second-order valence-electron chi connectivity index (χ2n) is 5.06. The maximum absolute atomic E-state index is 10.1. The Morgan fingerprint density at radius 3 is 2.94 bits per heavy atom. The van der Waals surface area contributed by atoms with Crippen molar-refractivity contribution in [3.63, 3.8) is 0 Å². The molecule has 0 aromatic heterocycles. The number of benzene rings is 1. The van der Waals surface area contributed by atoms with Crippen molar-refractivity contribution >= 4 is 5.69 Å². The van der Waals surface area contributed by atoms with E-state index in [4.69, 9.17) is 0 Å². The third-order valence-electron chi connectivity index (χ3n) is 3.99. The largest absolute Gasteiger partial charge is 0.391 e. The van der Waals surface area contributed by atoms with E-state index in [0.717, 1.165) is 38.9 Å². The van der Waals surface area contributed by atoms with E-state index in [1.165, 1.54) is 11.3 Å². The summed E-state index contributed by atoms with van der Waals surface area (Å²) in [6.07, 6.45) is 3.07. The highest BCUT2D eigenvalue weighted by Gasteiger charge is 2.32. The Bertz CT molecular complexity index is 394. The van der Waals surface area contributed by atoms with Gasteiger partial charge >= 0.3 is 0 Å². The fourth-order valence-corrected chi connectivity index (χ4v) is 3.11. The fraction of sp³-hybridized carbons (Fsp3) is 0.571. The van der Waals surface area contributed by atoms with Crippen molar-refractivity contribution in [1.82, 2.24) is 5.32 Å². The summed E-state index contributed by atoms with van der Waals surface area (Å²) in [6.45, 7) is 2.94. The number of para-hydroxylation sites is 1. The van der Waals surface area contributed by atoms with Gasteiger partial charge in [0.2, 0.25) is 0 Å². The van der Waals surface area contributed by atoms with E-state index in [1.807, 2.05) is 0 Å². The highest BCUT2D eigenvalue weighted by atomic mass is 16.3. The van der Waals surface area contributed by atoms with Crippen LogP contribution in [0.15, 0.2) is 24.3 Å². The minimum Gasteiger partial charge on any atom is -0.391 e. The number of anilines is 1. The molecular formula is C14H20N2O. The summed E-state index contributed by atoms with van der Waals surface area (Å²) in [6, 6.07) is 8.87. The van der Waals surface area contributed by atoms with Crippen molar-refractivity contribution < 1.29 is 5.11 Å². The standard InChI is InChI=1S/C14H20N2O/c17-14-7-3-6-13(14)16-9-8-15-10-11-4-1-2-5-12(11)16/h1-2,4-5,13-15,17H,3,6-10H2. The lowest BCUT2D eigenvalue weighted by Gasteiger charge is -2.33. The minimum atomic E-state index is -0.152. The normalized spacial score (nSPS) is 28.9. The fourth-order valence-electron chi connectivity index (χ4n) is 3.11. The molecule has 2 aliphatic rings. The molecule has 92 valence electrons. The van der Waals surface area contributed by atoms with Crippen LogP contribution in [-0.2, 0) is 6.54 Å². The number of hydrogen-bond donors (Lipinski definition) is 2. The predicted molar refractivity (Wildman–Crippen MR) is 69.1 cm³/mol. The zero-order valence-electron chi connectivity index (χ0n) is 10.1. The number of nitrogens with zero attached hydrogens (tertiary/aromatic N) is 1. The maximum atomic E-state index is 10.1. The van der Waals surface area contributed by atoms with Crippen LogP contribution in [0.3, 0.4) is 0 Å². The molecule has 2 N–H and O–H groups in total. The number of aliphatic hydroxyl groups excluding tert-OH is 1. The minimum absolute atomic E-state index is 0.152. The first-order valence-corrected chi connectivity index (χ1v) is 6.59. The van der Waals surface area contributed by atoms with Gasteiger partial charge in [-0.25, -0.2) is 0 Å². The van der Waals surface area contributed by atoms with Gasteiger partial charge in [0, 0.05) is 25.3 Å². The lowest BCUT2D eigenvalue weighted by molar-refractivity contribution is 0.161. The molecule has 0 bridgehead atoms. The summed E-state index contributed by atoms with van der Waals surface area (Å²) in [4.78, 5) is 2.41. The lowest BCUT2D eigenvalue weighted by atomic mass is 10.1. The van der Waals surface area contributed by atoms with Crippen LogP contribution in [0.2, 0.25) is 0 Å². The summed E-state index contributed by atoms with van der Waals surface area (Å²) in [5.74, 6) is 0. The van der Waals surface area contributed by atoms with Crippen molar-refractivity contribution in [2.75, 3.05) is 18.0 Å². The van der Waals surface area contributed by atoms with Gasteiger partial charge in [-0.1, -0.05) is 18.2 Å². The molecule has 3 rings (SSSR count). The van der Waals surface area contributed by atoms with Crippen molar-refractivity contribution in [1.29, 1.82) is 0 Å². The Morgan fingerprint density at radius 2 is 2.12 bits per heavy atom. The van der Waals surface area contributed by atoms with Crippen molar-refractivity contribution in [3.8, 4) is 0 Å². The first kappa shape index (κ1) is 11.1. The van der Waals surface area contributed by atoms with Crippen LogP contribution in [0.5, 0.6) is 0 Å². The Labute approximate surface area is 102 Å². The SMILES string of the molecule is OC1CCCC1N1CCNCc2ccccc21. The topological polar surface area (TPSA) is 35.5 Å². The average Bonchev–Trinajstić information content (AvgIpc) is 2.66. The summed E-state index contributed by atoms with van der Waals surface area (Å²) >= 11 is 0. The predicted octanol–water partition coefficient (Wildman–Crippen LogP) is 1.51. The van der Waals surface area contributed by atoms with Gasteiger partial charge in [0.05, 0.1) is 12.1 Å². The molecule has 2 atom stereocenters. The second kappa shape index (κ2) is 4.67. The van der Waals surface area contributed by atoms with Gasteiger partial charge in [0.25, 0.3) is 0 Å². The number of hydrogen-bond acceptors (Lipinski definition) is 3. The lowest BCUT2D eigenvalue weighted by Crippen LogP contribution is -2.42. The molecule has 1 aliphatic heterocycles. The van der Waals surface area contributed by atoms with Gasteiger partial charge in [-0.2, -0.15) is 0 Å². The van der Waals surface area contributed by atoms with Crippen molar-refractivity contribution in [2.24, 2.45) is 0 Å². The third kappa shape index (κ3) is 2.05. The molecule has 1 heterocycles. The maximum Gasteiger partial charge on any atom is 0.0743 e. The Balaban J connectivity index is 1.93. The van der Waals surface area contributed by atoms with E-state index < -0.39 is 0 Å². The van der Waals surface area contributed by atoms with Crippen LogP contribution < -0.4 is 10.2 Å². The second-order valence-corrected chi connectivity index (χ2v) is 5.06. The first-order valence-electron chi connectivity index (χ1n) is 6.59. The van der Waals surface area contributed by atoms with Crippen LogP contribution in [0.25, 0.3) is 0 Å². The smallest absolute Gasteiger partial charge is 0.0743 e. The molecule has 1 aliphatic carbocycles. The first-order chi connectivity index (χ1) is 8.36. The molecule has 0 saturated heterocycles. The molecule has 3 heteroatoms. The van der Waals surface area contributed by atoms with Crippen LogP contribution in [0.1, 0.15) is 24.8 Å². The third-order valence-corrected chi connectivity index (χ3v) is 3.99. The van der Waals surface area contributed by atoms with Crippen LogP contribution in [-0.4, -0.2) is 30.3 Å². The van der Waals surface area contributed by atoms with Crippen molar-refractivity contribution in [3.05, 3.63) is 29.8 Å². The van der Waals surface area contributed by atoms with Crippen LogP contribution in [0.4, 0.5) is 5.69 Å². The molecule has 1 aromatic carbocycles. The molecule has 0 amide bonds. The highest BCUT2D eigenvalue weighted by Crippen LogP contribution is 2.31. The quantitative estimate of drug-likeness (QED) is 0.770. The Morgan fingerprint density at radius 1 is 1.24 bits per heavy atom. The zero-order valence-corrected chi connectivity index (χ0v) is 10.1. The summed E-state index contributed by atoms with van der Waals surface area (Å²) in [7, 11) is 0. The van der Waals surface area contributed by atoms with E-state index in [9.17, 15) is 5.11 Å². The Hall–Kier alpha value is -1.06. The van der Waals surface area contributed by atoms with E-state index in [0.29, 0.717) is 6.04 Å². The molecule has 1 fully saturated rings. The molecule has 17 heavy (non-hydrogen) atoms. The zero-order chi connectivity index (χ0) is 11.7. The molecule has 0 spiro atoms. The van der Waals surface area contributed by atoms with E-state index >= 15 is 0 Å². The number of rotatable bonds is 1. The number of fused-ring (bicyclic) bond motifs is 1. The van der Waals surface area contributed by atoms with Crippen molar-refractivity contribution in [2.45, 2.75) is 38.0 Å². The summed E-state index contributed by atoms with van der Waals surface area (Å²) in [5.41, 5.74) is 2.66. The van der Waals surface area contributed by atoms with E-state index in [2.05, 4.69) is 34.5 Å². The van der Waals surface area contributed by atoms with Crippen LogP contribution >= 0.6 is 0 Å². The van der Waals surface area contributed by atoms with E-state index in [-0.39, 0.29) is 6.10 Å². The molecule has 2 unspecified atom stereocenters. The van der Waals surface area contributed by atoms with Gasteiger partial charge < -0.3 is 15.3 Å².